The zero-order valence-electron chi connectivity index (χ0n) is 52.0. The van der Waals surface area contributed by atoms with Crippen molar-refractivity contribution in [3.63, 3.8) is 0 Å². The number of allylic oxidation sites excluding steroid dienone is 3. The van der Waals surface area contributed by atoms with Crippen LogP contribution in [0.1, 0.15) is 144 Å². The van der Waals surface area contributed by atoms with Crippen molar-refractivity contribution in [1.29, 1.82) is 4.78 Å². The number of likely N-dealkylation sites (tertiary alicyclic amines) is 1. The summed E-state index contributed by atoms with van der Waals surface area (Å²) in [6, 6.07) is 7.26. The van der Waals surface area contributed by atoms with Gasteiger partial charge in [-0.15, -0.1) is 0 Å². The Morgan fingerprint density at radius 1 is 0.567 bits per heavy atom. The van der Waals surface area contributed by atoms with Gasteiger partial charge in [0, 0.05) is 193 Å². The molecule has 3 aliphatic carbocycles. The van der Waals surface area contributed by atoms with E-state index in [1.165, 1.54) is 63.3 Å². The Hall–Kier alpha value is -6.96. The van der Waals surface area contributed by atoms with Crippen LogP contribution in [0.4, 0.5) is 23.0 Å². The number of anilines is 4. The molecule has 0 spiro atoms. The lowest BCUT2D eigenvalue weighted by molar-refractivity contribution is 0.317. The van der Waals surface area contributed by atoms with Crippen molar-refractivity contribution in [2.24, 2.45) is 0 Å². The third-order valence-corrected chi connectivity index (χ3v) is 22.8. The summed E-state index contributed by atoms with van der Waals surface area (Å²) in [4.78, 5) is 53.7. The number of hydrogen-bond acceptors (Lipinski definition) is 20. The standard InChI is InChI=1S/C22H27ClN6OS.C22H27N5O2S.C21H25N5.O2S/c1-14-10-19-17(12-29(14)20-11-21(23)27-18-5-3-4-16(18)20)22(26-13-25-19)28-8-6-15(7-9-28)31(2,24)30;1-15-12-20-19(13-27(15)22-18-5-3-4-16(18)6-9-23-22)21(25-14-24-20)17-7-10-26(11-8-17)30(2,28)29;1-14-10-19-17(21(24-13-23-19)15-7-9-25(2)11-15)12-26(14)20-6-8-22-18-5-3-4-16(18)20;1-3-2/h3-4,11,13-15,24H,5-10,12H2,1-2H3;3,5-6,9,14-15,17H,4,7-8,10-13H2,1-2H3;3-4,6,8,13-15H,5,7,9-12H2,1-2H3;/t14-,31?;15-;14-,15?;/m111./s1. The van der Waals surface area contributed by atoms with Crippen LogP contribution in [0.5, 0.6) is 0 Å². The molecule has 2 unspecified atom stereocenters. The van der Waals surface area contributed by atoms with Gasteiger partial charge in [-0.25, -0.2) is 56.8 Å². The molecular weight excluding hydrogens is 1220 g/mol. The maximum absolute atomic E-state index is 12.2. The van der Waals surface area contributed by atoms with Gasteiger partial charge < -0.3 is 24.5 Å². The predicted octanol–water partition coefficient (Wildman–Crippen LogP) is 8.36. The van der Waals surface area contributed by atoms with Crippen LogP contribution in [0.3, 0.4) is 0 Å². The van der Waals surface area contributed by atoms with Gasteiger partial charge in [-0.05, 0) is 96.7 Å². The maximum atomic E-state index is 12.2. The number of rotatable bonds is 8. The van der Waals surface area contributed by atoms with Crippen molar-refractivity contribution in [2.75, 3.05) is 78.4 Å². The molecule has 1 N–H and O–H groups in total. The van der Waals surface area contributed by atoms with Crippen LogP contribution >= 0.6 is 11.6 Å². The van der Waals surface area contributed by atoms with E-state index in [9.17, 15) is 12.6 Å². The topological polar surface area (TPSA) is 245 Å². The van der Waals surface area contributed by atoms with Crippen LogP contribution in [-0.2, 0) is 89.5 Å². The lowest BCUT2D eigenvalue weighted by Crippen LogP contribution is -2.43. The SMILES string of the molecule is C[C@@H]1Cc2ncnc(C3CCN(C)C3)c2CN1c1ccnc2c1C=CC2.C[C@@H]1Cc2ncnc(C3CCN(S(C)(=O)=O)CC3)c2CN1c1nccc2c1C=CC2.C[C@@H]1Cc2ncnc(N3CCC(S(C)(=N)=O)CC3)c2CN1c1cc(Cl)nc2c1C=CC2.O=S=O. The van der Waals surface area contributed by atoms with E-state index in [1.54, 1.807) is 29.5 Å². The zero-order valence-corrected chi connectivity index (χ0v) is 55.2. The molecule has 0 aromatic carbocycles. The number of halogens is 1. The summed E-state index contributed by atoms with van der Waals surface area (Å²) in [7, 11) is -3.43. The molecule has 3 fully saturated rings. The predicted molar refractivity (Wildman–Crippen MR) is 354 cm³/mol. The van der Waals surface area contributed by atoms with E-state index in [-0.39, 0.29) is 17.2 Å². The molecule has 3 saturated heterocycles. The zero-order chi connectivity index (χ0) is 63.0. The number of hydrogen-bond donors (Lipinski definition) is 1. The molecule has 9 aliphatic rings. The second kappa shape index (κ2) is 26.7. The van der Waals surface area contributed by atoms with Gasteiger partial charge in [0.15, 0.2) is 0 Å². The number of piperidine rings is 2. The van der Waals surface area contributed by atoms with Gasteiger partial charge in [0.25, 0.3) is 0 Å². The minimum atomic E-state index is -3.13. The summed E-state index contributed by atoms with van der Waals surface area (Å²) in [6.07, 6.45) is 34.7. The van der Waals surface area contributed by atoms with Gasteiger partial charge in [0.1, 0.15) is 35.8 Å². The van der Waals surface area contributed by atoms with E-state index in [0.29, 0.717) is 36.2 Å². The van der Waals surface area contributed by atoms with Gasteiger partial charge in [-0.3, -0.25) is 9.76 Å². The fraction of sp³-hybridized carbons (Fsp3) is 0.492. The van der Waals surface area contributed by atoms with E-state index in [2.05, 4.69) is 136 Å². The van der Waals surface area contributed by atoms with Gasteiger partial charge >= 0.3 is 11.6 Å². The Bertz CT molecular complexity index is 4060. The first-order chi connectivity index (χ1) is 43.3. The lowest BCUT2D eigenvalue weighted by atomic mass is 9.88. The van der Waals surface area contributed by atoms with E-state index in [0.717, 1.165) is 161 Å². The van der Waals surface area contributed by atoms with Crippen LogP contribution in [0.2, 0.25) is 5.15 Å². The molecule has 21 nitrogen and oxygen atoms in total. The Labute approximate surface area is 537 Å². The minimum Gasteiger partial charge on any atom is -0.363 e. The monoisotopic (exact) mass is 1290 g/mol. The summed E-state index contributed by atoms with van der Waals surface area (Å²) < 4.78 is 62.0. The molecule has 0 bridgehead atoms. The summed E-state index contributed by atoms with van der Waals surface area (Å²) in [6.45, 7) is 14.0. The van der Waals surface area contributed by atoms with Gasteiger partial charge in [-0.2, -0.15) is 8.42 Å². The molecule has 0 radical (unpaired) electrons. The van der Waals surface area contributed by atoms with Crippen molar-refractivity contribution in [3.05, 3.63) is 152 Å². The Morgan fingerprint density at radius 2 is 1.10 bits per heavy atom. The van der Waals surface area contributed by atoms with Gasteiger partial charge in [-0.1, -0.05) is 48.1 Å². The van der Waals surface area contributed by atoms with E-state index in [4.69, 9.17) is 34.8 Å². The van der Waals surface area contributed by atoms with E-state index >= 15 is 0 Å². The van der Waals surface area contributed by atoms with Crippen LogP contribution < -0.4 is 19.6 Å². The highest BCUT2D eigenvalue weighted by Gasteiger charge is 2.37. The molecule has 0 amide bonds. The highest BCUT2D eigenvalue weighted by molar-refractivity contribution is 7.92. The van der Waals surface area contributed by atoms with Crippen molar-refractivity contribution in [3.8, 4) is 0 Å². The third-order valence-electron chi connectivity index (χ3n) is 19.6. The second-order valence-electron chi connectivity index (χ2n) is 25.4. The average Bonchev–Trinajstić information content (AvgIpc) is 2.61. The maximum Gasteiger partial charge on any atom is 0.335 e. The summed E-state index contributed by atoms with van der Waals surface area (Å²) >= 11 is 5.61. The highest BCUT2D eigenvalue weighted by atomic mass is 35.5. The molecule has 15 rings (SSSR count). The molecule has 474 valence electrons. The van der Waals surface area contributed by atoms with Gasteiger partial charge in [0.05, 0.1) is 46.1 Å². The number of nitrogens with zero attached hydrogens (tertiary/aromatic N) is 15. The Balaban J connectivity index is 0.000000128. The fourth-order valence-electron chi connectivity index (χ4n) is 14.8. The first-order valence-electron chi connectivity index (χ1n) is 31.3. The van der Waals surface area contributed by atoms with Crippen molar-refractivity contribution in [1.82, 2.24) is 54.1 Å². The lowest BCUT2D eigenvalue weighted by Gasteiger charge is -2.40. The van der Waals surface area contributed by atoms with Crippen LogP contribution in [0.25, 0.3) is 18.2 Å². The number of sulfonamides is 1. The number of fused-ring (bicyclic) bond motifs is 6. The Morgan fingerprint density at radius 3 is 1.73 bits per heavy atom. The number of nitrogens with one attached hydrogen (secondary N) is 1. The molecule has 12 heterocycles. The number of pyridine rings is 3. The van der Waals surface area contributed by atoms with Crippen molar-refractivity contribution < 1.29 is 21.0 Å². The molecule has 25 heteroatoms. The largest absolute Gasteiger partial charge is 0.363 e. The minimum absolute atomic E-state index is 0.0359. The fourth-order valence-corrected chi connectivity index (χ4v) is 17.0. The van der Waals surface area contributed by atoms with Crippen LogP contribution in [0, 0.1) is 4.78 Å². The van der Waals surface area contributed by atoms with Crippen molar-refractivity contribution >= 4 is 84.2 Å². The molecule has 90 heavy (non-hydrogen) atoms. The molecule has 5 atom stereocenters. The Kier molecular flexibility index (Phi) is 18.8. The summed E-state index contributed by atoms with van der Waals surface area (Å²) in [5.74, 6) is 2.82. The average molecular weight is 1300 g/mol. The molecule has 6 aromatic rings. The molecule has 6 aliphatic heterocycles. The summed E-state index contributed by atoms with van der Waals surface area (Å²) in [5, 5.41) is 0.492. The van der Waals surface area contributed by atoms with Crippen LogP contribution in [0.15, 0.2) is 67.8 Å². The first-order valence-corrected chi connectivity index (χ1v) is 36.2. The quantitative estimate of drug-likeness (QED) is 0.141. The number of aromatic nitrogens is 9. The molecule has 0 saturated carbocycles. The van der Waals surface area contributed by atoms with E-state index in [1.807, 2.05) is 18.5 Å². The normalized spacial score (nSPS) is 22.6. The second-order valence-corrected chi connectivity index (χ2v) is 30.4. The first kappa shape index (κ1) is 63.2. The van der Waals surface area contributed by atoms with Crippen molar-refractivity contribution in [2.45, 2.75) is 146 Å². The highest BCUT2D eigenvalue weighted by Crippen LogP contribution is 2.42. The van der Waals surface area contributed by atoms with Crippen LogP contribution in [-0.4, -0.2) is 157 Å². The van der Waals surface area contributed by atoms with Gasteiger partial charge in [0.2, 0.25) is 10.0 Å². The summed E-state index contributed by atoms with van der Waals surface area (Å²) in [5.41, 5.74) is 19.2. The van der Waals surface area contributed by atoms with E-state index < -0.39 is 31.3 Å². The smallest absolute Gasteiger partial charge is 0.335 e. The number of likely N-dealkylation sites (N-methyl/N-ethyl adjacent to an activating group) is 1. The third kappa shape index (κ3) is 13.2. The molecular formula is C65H79ClN16O5S3. The molecule has 6 aromatic heterocycles.